The minimum absolute atomic E-state index is 0.0611. The van der Waals surface area contributed by atoms with Crippen molar-refractivity contribution in [3.05, 3.63) is 64.7 Å². The van der Waals surface area contributed by atoms with Crippen LogP contribution in [0.2, 0.25) is 0 Å². The molecule has 1 aliphatic carbocycles. The van der Waals surface area contributed by atoms with Gasteiger partial charge in [-0.25, -0.2) is 8.42 Å². The number of amides is 1. The summed E-state index contributed by atoms with van der Waals surface area (Å²) in [5.41, 5.74) is 4.97. The fraction of sp³-hybridized carbons (Fsp3) is 0.480. The molecule has 31 heavy (non-hydrogen) atoms. The van der Waals surface area contributed by atoms with Gasteiger partial charge in [-0.2, -0.15) is 4.31 Å². The molecule has 1 heterocycles. The first-order valence-electron chi connectivity index (χ1n) is 11.3. The van der Waals surface area contributed by atoms with Crippen LogP contribution in [0.5, 0.6) is 0 Å². The summed E-state index contributed by atoms with van der Waals surface area (Å²) in [6.07, 6.45) is 6.13. The number of aryl methyl sites for hydroxylation is 3. The van der Waals surface area contributed by atoms with Crippen LogP contribution >= 0.6 is 0 Å². The van der Waals surface area contributed by atoms with Crippen LogP contribution in [-0.2, 0) is 27.7 Å². The monoisotopic (exact) mass is 440 g/mol. The number of hydrogen-bond acceptors (Lipinski definition) is 3. The lowest BCUT2D eigenvalue weighted by Crippen LogP contribution is -2.45. The first-order chi connectivity index (χ1) is 14.8. The summed E-state index contributed by atoms with van der Waals surface area (Å²) in [6, 6.07) is 13.4. The van der Waals surface area contributed by atoms with Crippen LogP contribution in [0.3, 0.4) is 0 Å². The Morgan fingerprint density at radius 2 is 1.74 bits per heavy atom. The molecular weight excluding hydrogens is 408 g/mol. The maximum atomic E-state index is 13.0. The summed E-state index contributed by atoms with van der Waals surface area (Å²) in [5, 5.41) is 3.13. The highest BCUT2D eigenvalue weighted by atomic mass is 32.2. The zero-order valence-corrected chi connectivity index (χ0v) is 19.2. The van der Waals surface area contributed by atoms with Crippen LogP contribution in [0.4, 0.5) is 0 Å². The lowest BCUT2D eigenvalue weighted by Gasteiger charge is -2.32. The quantitative estimate of drug-likeness (QED) is 0.759. The first kappa shape index (κ1) is 22.0. The molecule has 2 unspecified atom stereocenters. The van der Waals surface area contributed by atoms with E-state index in [1.54, 1.807) is 24.3 Å². The second-order valence-electron chi connectivity index (χ2n) is 8.98. The largest absolute Gasteiger partial charge is 0.349 e. The zero-order chi connectivity index (χ0) is 22.0. The topological polar surface area (TPSA) is 66.5 Å². The van der Waals surface area contributed by atoms with Gasteiger partial charge in [0.15, 0.2) is 0 Å². The van der Waals surface area contributed by atoms with Gasteiger partial charge in [-0.1, -0.05) is 35.9 Å². The highest BCUT2D eigenvalue weighted by molar-refractivity contribution is 7.89. The van der Waals surface area contributed by atoms with E-state index < -0.39 is 10.0 Å². The summed E-state index contributed by atoms with van der Waals surface area (Å²) in [4.78, 5) is 13.3. The molecule has 2 aliphatic rings. The molecule has 2 atom stereocenters. The Bertz CT molecular complexity index is 1050. The van der Waals surface area contributed by atoms with E-state index >= 15 is 0 Å². The molecule has 1 fully saturated rings. The van der Waals surface area contributed by atoms with Crippen LogP contribution in [0, 0.1) is 12.8 Å². The molecule has 1 amide bonds. The van der Waals surface area contributed by atoms with E-state index in [2.05, 4.69) is 23.5 Å². The second-order valence-corrected chi connectivity index (χ2v) is 10.9. The summed E-state index contributed by atoms with van der Waals surface area (Å²) in [5.74, 6) is -0.386. The van der Waals surface area contributed by atoms with Crippen molar-refractivity contribution in [2.24, 2.45) is 5.92 Å². The molecule has 4 rings (SSSR count). The molecule has 0 radical (unpaired) electrons. The van der Waals surface area contributed by atoms with Crippen LogP contribution in [0.25, 0.3) is 0 Å². The van der Waals surface area contributed by atoms with Gasteiger partial charge in [-0.3, -0.25) is 4.79 Å². The molecule has 1 aliphatic heterocycles. The Labute approximate surface area is 185 Å². The lowest BCUT2D eigenvalue weighted by molar-refractivity contribution is -0.126. The minimum Gasteiger partial charge on any atom is -0.349 e. The van der Waals surface area contributed by atoms with E-state index in [1.165, 1.54) is 28.3 Å². The number of piperidine rings is 1. The Hall–Kier alpha value is -2.18. The average molecular weight is 441 g/mol. The van der Waals surface area contributed by atoms with Gasteiger partial charge in [0.2, 0.25) is 15.9 Å². The normalized spacial score (nSPS) is 20.6. The van der Waals surface area contributed by atoms with Gasteiger partial charge < -0.3 is 5.32 Å². The smallest absolute Gasteiger partial charge is 0.243 e. The van der Waals surface area contributed by atoms with Crippen molar-refractivity contribution in [3.8, 4) is 0 Å². The Morgan fingerprint density at radius 1 is 1.03 bits per heavy atom. The number of fused-ring (bicyclic) bond motifs is 1. The van der Waals surface area contributed by atoms with Crippen molar-refractivity contribution in [3.63, 3.8) is 0 Å². The van der Waals surface area contributed by atoms with Crippen molar-refractivity contribution in [2.45, 2.75) is 63.3 Å². The Balaban J connectivity index is 1.42. The molecule has 2 aromatic carbocycles. The van der Waals surface area contributed by atoms with Crippen LogP contribution in [-0.4, -0.2) is 31.7 Å². The van der Waals surface area contributed by atoms with Gasteiger partial charge >= 0.3 is 0 Å². The fourth-order valence-electron chi connectivity index (χ4n) is 4.67. The standard InChI is InChI=1S/C25H32N2O3S/c1-18-9-13-24(14-10-18)31(29,30)27-15-5-8-23(17-27)25(28)26-19(2)21-12-11-20-6-3-4-7-22(20)16-21/h9-14,16,19,23H,3-8,15,17H2,1-2H3,(H,26,28). The number of hydrogen-bond donors (Lipinski definition) is 1. The van der Waals surface area contributed by atoms with Gasteiger partial charge in [-0.05, 0) is 81.2 Å². The molecule has 0 bridgehead atoms. The van der Waals surface area contributed by atoms with Crippen LogP contribution in [0.1, 0.15) is 60.9 Å². The predicted molar refractivity (Wildman–Crippen MR) is 122 cm³/mol. The predicted octanol–water partition coefficient (Wildman–Crippen LogP) is 4.15. The Morgan fingerprint density at radius 3 is 2.48 bits per heavy atom. The summed E-state index contributed by atoms with van der Waals surface area (Å²) < 4.78 is 27.5. The van der Waals surface area contributed by atoms with E-state index in [-0.39, 0.29) is 24.4 Å². The molecule has 0 saturated carbocycles. The van der Waals surface area contributed by atoms with Crippen molar-refractivity contribution < 1.29 is 13.2 Å². The minimum atomic E-state index is -3.58. The highest BCUT2D eigenvalue weighted by Crippen LogP contribution is 2.27. The van der Waals surface area contributed by atoms with Crippen LogP contribution < -0.4 is 5.32 Å². The van der Waals surface area contributed by atoms with Gasteiger partial charge in [0.25, 0.3) is 0 Å². The lowest BCUT2D eigenvalue weighted by atomic mass is 9.89. The third-order valence-corrected chi connectivity index (χ3v) is 8.52. The summed E-state index contributed by atoms with van der Waals surface area (Å²) >= 11 is 0. The number of nitrogens with one attached hydrogen (secondary N) is 1. The molecule has 1 saturated heterocycles. The van der Waals surface area contributed by atoms with Crippen LogP contribution in [0.15, 0.2) is 47.4 Å². The number of benzene rings is 2. The van der Waals surface area contributed by atoms with Gasteiger partial charge in [0, 0.05) is 13.1 Å². The van der Waals surface area contributed by atoms with Gasteiger partial charge in [-0.15, -0.1) is 0 Å². The van der Waals surface area contributed by atoms with Crippen molar-refractivity contribution in [1.82, 2.24) is 9.62 Å². The van der Waals surface area contributed by atoms with E-state index in [9.17, 15) is 13.2 Å². The molecule has 6 heteroatoms. The van der Waals surface area contributed by atoms with Gasteiger partial charge in [0.1, 0.15) is 0 Å². The number of sulfonamides is 1. The number of carbonyl (C=O) groups excluding carboxylic acids is 1. The fourth-order valence-corrected chi connectivity index (χ4v) is 6.20. The Kier molecular flexibility index (Phi) is 6.49. The molecule has 5 nitrogen and oxygen atoms in total. The maximum absolute atomic E-state index is 13.0. The molecule has 0 aromatic heterocycles. The maximum Gasteiger partial charge on any atom is 0.243 e. The molecule has 1 N–H and O–H groups in total. The second kappa shape index (κ2) is 9.13. The van der Waals surface area contributed by atoms with E-state index in [0.717, 1.165) is 24.0 Å². The average Bonchev–Trinajstić information content (AvgIpc) is 2.79. The van der Waals surface area contributed by atoms with Gasteiger partial charge in [0.05, 0.1) is 16.9 Å². The molecule has 2 aromatic rings. The summed E-state index contributed by atoms with van der Waals surface area (Å²) in [7, 11) is -3.58. The highest BCUT2D eigenvalue weighted by Gasteiger charge is 2.33. The number of nitrogens with zero attached hydrogens (tertiary/aromatic N) is 1. The first-order valence-corrected chi connectivity index (χ1v) is 12.8. The number of carbonyl (C=O) groups is 1. The SMILES string of the molecule is Cc1ccc(S(=O)(=O)N2CCCC(C(=O)NC(C)c3ccc4c(c3)CCCC4)C2)cc1. The zero-order valence-electron chi connectivity index (χ0n) is 18.4. The number of rotatable bonds is 5. The third-order valence-electron chi connectivity index (χ3n) is 6.64. The van der Waals surface area contributed by atoms with E-state index in [4.69, 9.17) is 0 Å². The van der Waals surface area contributed by atoms with E-state index in [0.29, 0.717) is 24.3 Å². The van der Waals surface area contributed by atoms with Crippen molar-refractivity contribution >= 4 is 15.9 Å². The van der Waals surface area contributed by atoms with E-state index in [1.807, 2.05) is 13.8 Å². The molecule has 166 valence electrons. The third kappa shape index (κ3) is 4.85. The molecule has 0 spiro atoms. The van der Waals surface area contributed by atoms with Crippen molar-refractivity contribution in [1.29, 1.82) is 0 Å². The van der Waals surface area contributed by atoms with Crippen molar-refractivity contribution in [2.75, 3.05) is 13.1 Å². The molecular formula is C25H32N2O3S. The summed E-state index contributed by atoms with van der Waals surface area (Å²) in [6.45, 7) is 4.63.